The van der Waals surface area contributed by atoms with Crippen LogP contribution in [0.4, 0.5) is 0 Å². The minimum absolute atomic E-state index is 0.534. The molecule has 0 amide bonds. The number of guanidine groups is 1. The van der Waals surface area contributed by atoms with Gasteiger partial charge in [0, 0.05) is 26.2 Å². The number of nitrogens with zero attached hydrogens (tertiary/aromatic N) is 2. The fraction of sp³-hybridized carbons (Fsp3) is 0.786. The third-order valence-corrected chi connectivity index (χ3v) is 3.95. The highest BCUT2D eigenvalue weighted by Crippen LogP contribution is 2.14. The second-order valence-electron chi connectivity index (χ2n) is 5.29. The van der Waals surface area contributed by atoms with E-state index in [1.54, 1.807) is 0 Å². The first-order valence-corrected chi connectivity index (χ1v) is 7.16. The van der Waals surface area contributed by atoms with Crippen molar-refractivity contribution >= 4 is 5.96 Å². The standard InChI is InChI=1S/C14H26N4/c1-3-18-9-8-12(11-18)10-16-14(15-2)17-13-6-4-5-7-13/h4-5,12-13H,3,6-11H2,1-2H3,(H2,15,16,17). The first kappa shape index (κ1) is 13.4. The Hall–Kier alpha value is -1.03. The summed E-state index contributed by atoms with van der Waals surface area (Å²) in [6, 6.07) is 0.534. The summed E-state index contributed by atoms with van der Waals surface area (Å²) in [5.74, 6) is 1.73. The maximum atomic E-state index is 4.30. The van der Waals surface area contributed by atoms with Crippen molar-refractivity contribution in [2.45, 2.75) is 32.2 Å². The van der Waals surface area contributed by atoms with E-state index in [9.17, 15) is 0 Å². The van der Waals surface area contributed by atoms with Crippen molar-refractivity contribution in [1.82, 2.24) is 15.5 Å². The van der Waals surface area contributed by atoms with Crippen LogP contribution in [0, 0.1) is 5.92 Å². The van der Waals surface area contributed by atoms with Gasteiger partial charge < -0.3 is 15.5 Å². The maximum absolute atomic E-state index is 4.30. The van der Waals surface area contributed by atoms with Crippen molar-refractivity contribution < 1.29 is 0 Å². The molecule has 0 saturated carbocycles. The topological polar surface area (TPSA) is 39.7 Å². The van der Waals surface area contributed by atoms with Crippen molar-refractivity contribution in [3.8, 4) is 0 Å². The Labute approximate surface area is 111 Å². The highest BCUT2D eigenvalue weighted by Gasteiger charge is 2.21. The minimum Gasteiger partial charge on any atom is -0.356 e. The van der Waals surface area contributed by atoms with E-state index >= 15 is 0 Å². The van der Waals surface area contributed by atoms with Gasteiger partial charge in [0.15, 0.2) is 5.96 Å². The molecule has 0 bridgehead atoms. The van der Waals surface area contributed by atoms with Crippen LogP contribution in [0.2, 0.25) is 0 Å². The van der Waals surface area contributed by atoms with Crippen LogP contribution in [0.1, 0.15) is 26.2 Å². The molecule has 2 rings (SSSR count). The van der Waals surface area contributed by atoms with Gasteiger partial charge in [-0.15, -0.1) is 0 Å². The third-order valence-electron chi connectivity index (χ3n) is 3.95. The van der Waals surface area contributed by atoms with Gasteiger partial charge in [-0.25, -0.2) is 0 Å². The number of hydrogen-bond acceptors (Lipinski definition) is 2. The van der Waals surface area contributed by atoms with Gasteiger partial charge in [-0.1, -0.05) is 19.1 Å². The summed E-state index contributed by atoms with van der Waals surface area (Å²) in [5, 5.41) is 6.94. The van der Waals surface area contributed by atoms with Crippen LogP contribution in [0.5, 0.6) is 0 Å². The maximum Gasteiger partial charge on any atom is 0.191 e. The Kier molecular flexibility index (Phi) is 5.05. The van der Waals surface area contributed by atoms with Crippen LogP contribution >= 0.6 is 0 Å². The minimum atomic E-state index is 0.534. The lowest BCUT2D eigenvalue weighted by atomic mass is 10.1. The van der Waals surface area contributed by atoms with E-state index in [4.69, 9.17) is 0 Å². The Morgan fingerprint density at radius 2 is 2.17 bits per heavy atom. The zero-order valence-corrected chi connectivity index (χ0v) is 11.7. The van der Waals surface area contributed by atoms with E-state index < -0.39 is 0 Å². The molecule has 2 aliphatic rings. The Morgan fingerprint density at radius 3 is 2.78 bits per heavy atom. The molecule has 102 valence electrons. The van der Waals surface area contributed by atoms with E-state index in [1.165, 1.54) is 26.1 Å². The van der Waals surface area contributed by atoms with Crippen LogP contribution in [0.15, 0.2) is 17.1 Å². The van der Waals surface area contributed by atoms with Gasteiger partial charge in [0.05, 0.1) is 0 Å². The molecule has 1 unspecified atom stereocenters. The van der Waals surface area contributed by atoms with Crippen LogP contribution in [0.25, 0.3) is 0 Å². The third kappa shape index (κ3) is 3.73. The van der Waals surface area contributed by atoms with Gasteiger partial charge in [-0.2, -0.15) is 0 Å². The summed E-state index contributed by atoms with van der Waals surface area (Å²) < 4.78 is 0. The van der Waals surface area contributed by atoms with E-state index in [2.05, 4.69) is 39.6 Å². The molecule has 1 atom stereocenters. The van der Waals surface area contributed by atoms with Crippen LogP contribution in [-0.4, -0.2) is 50.1 Å². The molecule has 0 aromatic rings. The van der Waals surface area contributed by atoms with E-state index in [1.807, 2.05) is 7.05 Å². The number of likely N-dealkylation sites (tertiary alicyclic amines) is 1. The smallest absolute Gasteiger partial charge is 0.191 e. The second kappa shape index (κ2) is 6.78. The van der Waals surface area contributed by atoms with Crippen molar-refractivity contribution in [3.63, 3.8) is 0 Å². The molecule has 1 fully saturated rings. The normalized spacial score (nSPS) is 25.9. The molecule has 1 saturated heterocycles. The van der Waals surface area contributed by atoms with Crippen molar-refractivity contribution in [2.75, 3.05) is 33.2 Å². The molecule has 1 aliphatic carbocycles. The first-order valence-electron chi connectivity index (χ1n) is 7.16. The molecule has 18 heavy (non-hydrogen) atoms. The molecule has 2 N–H and O–H groups in total. The highest BCUT2D eigenvalue weighted by molar-refractivity contribution is 5.80. The van der Waals surface area contributed by atoms with Gasteiger partial charge in [0.2, 0.25) is 0 Å². The SMILES string of the molecule is CCN1CCC(CNC(=NC)NC2CC=CC2)C1. The molecular weight excluding hydrogens is 224 g/mol. The Bertz CT molecular complexity index is 303. The molecule has 1 heterocycles. The van der Waals surface area contributed by atoms with Crippen molar-refractivity contribution in [3.05, 3.63) is 12.2 Å². The van der Waals surface area contributed by atoms with Crippen molar-refractivity contribution in [1.29, 1.82) is 0 Å². The van der Waals surface area contributed by atoms with Gasteiger partial charge in [0.1, 0.15) is 0 Å². The van der Waals surface area contributed by atoms with Gasteiger partial charge in [0.25, 0.3) is 0 Å². The fourth-order valence-corrected chi connectivity index (χ4v) is 2.73. The fourth-order valence-electron chi connectivity index (χ4n) is 2.73. The molecular formula is C14H26N4. The van der Waals surface area contributed by atoms with Crippen molar-refractivity contribution in [2.24, 2.45) is 10.9 Å². The van der Waals surface area contributed by atoms with Crippen LogP contribution in [0.3, 0.4) is 0 Å². The lowest BCUT2D eigenvalue weighted by Crippen LogP contribution is -2.44. The number of nitrogens with one attached hydrogen (secondary N) is 2. The molecule has 4 heteroatoms. The average molecular weight is 250 g/mol. The summed E-state index contributed by atoms with van der Waals surface area (Å²) in [6.07, 6.45) is 8.02. The molecule has 1 aliphatic heterocycles. The van der Waals surface area contributed by atoms with E-state index in [-0.39, 0.29) is 0 Å². The lowest BCUT2D eigenvalue weighted by molar-refractivity contribution is 0.341. The van der Waals surface area contributed by atoms with Gasteiger partial charge in [-0.3, -0.25) is 4.99 Å². The summed E-state index contributed by atoms with van der Waals surface area (Å²) in [5.41, 5.74) is 0. The summed E-state index contributed by atoms with van der Waals surface area (Å²) in [4.78, 5) is 6.82. The van der Waals surface area contributed by atoms with Crippen LogP contribution in [-0.2, 0) is 0 Å². The number of hydrogen-bond donors (Lipinski definition) is 2. The molecule has 0 spiro atoms. The second-order valence-corrected chi connectivity index (χ2v) is 5.29. The predicted molar refractivity (Wildman–Crippen MR) is 76.9 cm³/mol. The molecule has 0 aromatic heterocycles. The van der Waals surface area contributed by atoms with E-state index in [0.717, 1.165) is 31.3 Å². The first-order chi connectivity index (χ1) is 8.81. The number of rotatable bonds is 4. The Morgan fingerprint density at radius 1 is 1.39 bits per heavy atom. The van der Waals surface area contributed by atoms with Gasteiger partial charge in [-0.05, 0) is 38.3 Å². The summed E-state index contributed by atoms with van der Waals surface area (Å²) in [7, 11) is 1.85. The monoisotopic (exact) mass is 250 g/mol. The highest BCUT2D eigenvalue weighted by atomic mass is 15.2. The largest absolute Gasteiger partial charge is 0.356 e. The summed E-state index contributed by atoms with van der Waals surface area (Å²) in [6.45, 7) is 6.93. The molecule has 4 nitrogen and oxygen atoms in total. The van der Waals surface area contributed by atoms with E-state index in [0.29, 0.717) is 6.04 Å². The average Bonchev–Trinajstić information content (AvgIpc) is 3.05. The number of aliphatic imine (C=N–C) groups is 1. The van der Waals surface area contributed by atoms with Crippen LogP contribution < -0.4 is 10.6 Å². The molecule has 0 aromatic carbocycles. The predicted octanol–water partition coefficient (Wildman–Crippen LogP) is 1.21. The Balaban J connectivity index is 1.68. The molecule has 0 radical (unpaired) electrons. The zero-order chi connectivity index (χ0) is 12.8. The quantitative estimate of drug-likeness (QED) is 0.448. The van der Waals surface area contributed by atoms with Gasteiger partial charge >= 0.3 is 0 Å². The lowest BCUT2D eigenvalue weighted by Gasteiger charge is -2.19. The zero-order valence-electron chi connectivity index (χ0n) is 11.7. The summed E-state index contributed by atoms with van der Waals surface area (Å²) >= 11 is 0.